The second kappa shape index (κ2) is 9.74. The molecule has 0 bridgehead atoms. The molecule has 0 unspecified atom stereocenters. The zero-order valence-corrected chi connectivity index (χ0v) is 19.9. The molecule has 0 saturated carbocycles. The molecule has 0 spiro atoms. The summed E-state index contributed by atoms with van der Waals surface area (Å²) in [5.41, 5.74) is 3.11. The Morgan fingerprint density at radius 1 is 1.13 bits per heavy atom. The van der Waals surface area contributed by atoms with E-state index in [0.29, 0.717) is 28.2 Å². The molecule has 4 rings (SSSR count). The maximum atomic E-state index is 6.37. The quantitative estimate of drug-likeness (QED) is 0.324. The summed E-state index contributed by atoms with van der Waals surface area (Å²) in [5, 5.41) is 12.9. The zero-order valence-electron chi connectivity index (χ0n) is 17.5. The Labute approximate surface area is 194 Å². The lowest BCUT2D eigenvalue weighted by Gasteiger charge is -2.22. The number of hydrogen-bond acceptors (Lipinski definition) is 8. The summed E-state index contributed by atoms with van der Waals surface area (Å²) < 4.78 is 18.3. The van der Waals surface area contributed by atoms with Crippen molar-refractivity contribution in [3.8, 4) is 28.6 Å². The molecule has 0 amide bonds. The molecule has 1 N–H and O–H groups in total. The van der Waals surface area contributed by atoms with Gasteiger partial charge >= 0.3 is 0 Å². The Morgan fingerprint density at radius 2 is 2.00 bits per heavy atom. The normalized spacial score (nSPS) is 14.5. The number of aromatic nitrogens is 3. The molecule has 2 aromatic carbocycles. The van der Waals surface area contributed by atoms with Gasteiger partial charge in [0.15, 0.2) is 5.69 Å². The largest absolute Gasteiger partial charge is 0.497 e. The first-order valence-corrected chi connectivity index (χ1v) is 11.7. The van der Waals surface area contributed by atoms with Gasteiger partial charge in [-0.25, -0.2) is 0 Å². The van der Waals surface area contributed by atoms with E-state index in [4.69, 9.17) is 14.2 Å². The van der Waals surface area contributed by atoms with Gasteiger partial charge in [-0.2, -0.15) is 4.98 Å². The fourth-order valence-corrected chi connectivity index (χ4v) is 4.45. The first-order valence-electron chi connectivity index (χ1n) is 9.95. The van der Waals surface area contributed by atoms with Crippen LogP contribution < -0.4 is 19.5 Å². The van der Waals surface area contributed by atoms with Gasteiger partial charge in [0.25, 0.3) is 0 Å². The molecule has 9 heteroatoms. The number of nitrogens with zero attached hydrogens (tertiary/aromatic N) is 3. The average Bonchev–Trinajstić information content (AvgIpc) is 2.95. The third kappa shape index (κ3) is 4.72. The first kappa shape index (κ1) is 21.7. The van der Waals surface area contributed by atoms with Gasteiger partial charge in [0.1, 0.15) is 11.5 Å². The van der Waals surface area contributed by atoms with E-state index in [1.165, 1.54) is 0 Å². The monoisotopic (exact) mass is 502 g/mol. The molecule has 7 nitrogen and oxygen atoms in total. The number of nitrogens with one attached hydrogen (secondary N) is 1. The van der Waals surface area contributed by atoms with Gasteiger partial charge in [0.05, 0.1) is 19.8 Å². The molecule has 0 saturated heterocycles. The minimum atomic E-state index is -0.559. The maximum absolute atomic E-state index is 6.37. The first-order chi connectivity index (χ1) is 15.1. The number of thioether (sulfide) groups is 1. The van der Waals surface area contributed by atoms with Gasteiger partial charge in [-0.15, -0.1) is 10.2 Å². The third-order valence-corrected chi connectivity index (χ3v) is 6.25. The SMILES string of the molecule is CCCCSc1nnc2c(n1)O[C@H](c1cc(OC)ccc1OC)Nc1ccc(Br)cc1-2. The summed E-state index contributed by atoms with van der Waals surface area (Å²) in [7, 11) is 3.26. The second-order valence-electron chi connectivity index (χ2n) is 6.89. The van der Waals surface area contributed by atoms with Gasteiger partial charge in [0, 0.05) is 21.5 Å². The third-order valence-electron chi connectivity index (χ3n) is 4.84. The van der Waals surface area contributed by atoms with Crippen LogP contribution in [0.15, 0.2) is 46.0 Å². The number of unbranched alkanes of at least 4 members (excludes halogenated alkanes) is 1. The molecule has 1 aromatic heterocycles. The van der Waals surface area contributed by atoms with Crippen LogP contribution in [0.4, 0.5) is 5.69 Å². The van der Waals surface area contributed by atoms with E-state index in [0.717, 1.165) is 39.9 Å². The lowest BCUT2D eigenvalue weighted by molar-refractivity contribution is 0.219. The average molecular weight is 503 g/mol. The van der Waals surface area contributed by atoms with E-state index in [1.54, 1.807) is 26.0 Å². The summed E-state index contributed by atoms with van der Waals surface area (Å²) in [5.74, 6) is 2.75. The minimum absolute atomic E-state index is 0.424. The maximum Gasteiger partial charge on any atom is 0.247 e. The van der Waals surface area contributed by atoms with E-state index < -0.39 is 6.23 Å². The van der Waals surface area contributed by atoms with Crippen LogP contribution in [0.25, 0.3) is 11.3 Å². The van der Waals surface area contributed by atoms with Crippen molar-refractivity contribution in [2.75, 3.05) is 25.3 Å². The molecular weight excluding hydrogens is 480 g/mol. The molecule has 31 heavy (non-hydrogen) atoms. The second-order valence-corrected chi connectivity index (χ2v) is 8.87. The lowest BCUT2D eigenvalue weighted by atomic mass is 10.1. The zero-order chi connectivity index (χ0) is 21.8. The standard InChI is InChI=1S/C22H23BrN4O3S/c1-4-5-10-31-22-25-21-19(26-27-22)15-11-13(23)6-8-17(15)24-20(30-21)16-12-14(28-2)7-9-18(16)29-3/h6-9,11-12,20,24H,4-5,10H2,1-3H3/t20-/m1/s1. The highest BCUT2D eigenvalue weighted by molar-refractivity contribution is 9.10. The molecule has 0 fully saturated rings. The highest BCUT2D eigenvalue weighted by Gasteiger charge is 2.28. The van der Waals surface area contributed by atoms with E-state index in [1.807, 2.05) is 36.4 Å². The Kier molecular flexibility index (Phi) is 6.82. The highest BCUT2D eigenvalue weighted by Crippen LogP contribution is 2.42. The number of rotatable bonds is 7. The summed E-state index contributed by atoms with van der Waals surface area (Å²) in [4.78, 5) is 4.69. The molecule has 0 radical (unpaired) electrons. The van der Waals surface area contributed by atoms with Crippen molar-refractivity contribution >= 4 is 33.4 Å². The molecule has 1 atom stereocenters. The molecular formula is C22H23BrN4O3S. The Morgan fingerprint density at radius 3 is 2.77 bits per heavy atom. The van der Waals surface area contributed by atoms with Gasteiger partial charge in [-0.05, 0) is 42.8 Å². The fourth-order valence-electron chi connectivity index (χ4n) is 3.22. The van der Waals surface area contributed by atoms with Crippen molar-refractivity contribution < 1.29 is 14.2 Å². The smallest absolute Gasteiger partial charge is 0.247 e. The Hall–Kier alpha value is -2.52. The predicted molar refractivity (Wildman–Crippen MR) is 125 cm³/mol. The van der Waals surface area contributed by atoms with Crippen LogP contribution in [0.5, 0.6) is 17.4 Å². The highest BCUT2D eigenvalue weighted by atomic mass is 79.9. The molecule has 1 aliphatic rings. The summed E-state index contributed by atoms with van der Waals surface area (Å²) in [6.45, 7) is 2.16. The number of anilines is 1. The van der Waals surface area contributed by atoms with Crippen molar-refractivity contribution in [1.82, 2.24) is 15.2 Å². The predicted octanol–water partition coefficient (Wildman–Crippen LogP) is 5.71. The van der Waals surface area contributed by atoms with Gasteiger partial charge in [0.2, 0.25) is 17.3 Å². The van der Waals surface area contributed by atoms with E-state index in [2.05, 4.69) is 43.4 Å². The Bertz CT molecular complexity index is 1080. The Balaban J connectivity index is 1.80. The minimum Gasteiger partial charge on any atom is -0.497 e. The number of methoxy groups -OCH3 is 2. The van der Waals surface area contributed by atoms with Crippen molar-refractivity contribution in [3.63, 3.8) is 0 Å². The number of halogens is 1. The van der Waals surface area contributed by atoms with Gasteiger partial charge < -0.3 is 19.5 Å². The number of fused-ring (bicyclic) bond motifs is 3. The summed E-state index contributed by atoms with van der Waals surface area (Å²) >= 11 is 5.13. The molecule has 0 aliphatic carbocycles. The molecule has 1 aliphatic heterocycles. The van der Waals surface area contributed by atoms with Crippen molar-refractivity contribution in [1.29, 1.82) is 0 Å². The van der Waals surface area contributed by atoms with Crippen LogP contribution in [-0.4, -0.2) is 35.2 Å². The van der Waals surface area contributed by atoms with Gasteiger partial charge in [-0.1, -0.05) is 41.0 Å². The molecule has 2 heterocycles. The van der Waals surface area contributed by atoms with E-state index in [-0.39, 0.29) is 0 Å². The van der Waals surface area contributed by atoms with Crippen LogP contribution in [0, 0.1) is 0 Å². The fraction of sp³-hybridized carbons (Fsp3) is 0.318. The van der Waals surface area contributed by atoms with Crippen LogP contribution in [-0.2, 0) is 0 Å². The van der Waals surface area contributed by atoms with Crippen LogP contribution in [0.2, 0.25) is 0 Å². The van der Waals surface area contributed by atoms with Crippen LogP contribution in [0.1, 0.15) is 31.6 Å². The summed E-state index contributed by atoms with van der Waals surface area (Å²) in [6, 6.07) is 11.5. The van der Waals surface area contributed by atoms with Crippen molar-refractivity contribution in [2.24, 2.45) is 0 Å². The van der Waals surface area contributed by atoms with E-state index >= 15 is 0 Å². The lowest BCUT2D eigenvalue weighted by Crippen LogP contribution is -2.18. The van der Waals surface area contributed by atoms with Crippen molar-refractivity contribution in [3.05, 3.63) is 46.4 Å². The number of benzene rings is 2. The van der Waals surface area contributed by atoms with E-state index in [9.17, 15) is 0 Å². The topological polar surface area (TPSA) is 78.4 Å². The number of ether oxygens (including phenoxy) is 3. The summed E-state index contributed by atoms with van der Waals surface area (Å²) in [6.07, 6.45) is 1.65. The van der Waals surface area contributed by atoms with Crippen molar-refractivity contribution in [2.45, 2.75) is 31.1 Å². The number of hydrogen-bond donors (Lipinski definition) is 1. The molecule has 3 aromatic rings. The van der Waals surface area contributed by atoms with Crippen LogP contribution in [0.3, 0.4) is 0 Å². The van der Waals surface area contributed by atoms with Gasteiger partial charge in [-0.3, -0.25) is 0 Å². The van der Waals surface area contributed by atoms with Crippen LogP contribution >= 0.6 is 27.7 Å². The molecule has 162 valence electrons.